The first-order valence-corrected chi connectivity index (χ1v) is 7.06. The molecule has 106 valence electrons. The summed E-state index contributed by atoms with van der Waals surface area (Å²) in [7, 11) is 1.78. The van der Waals surface area contributed by atoms with Gasteiger partial charge in [-0.15, -0.1) is 0 Å². The summed E-state index contributed by atoms with van der Waals surface area (Å²) >= 11 is 0. The molecule has 1 amide bonds. The van der Waals surface area contributed by atoms with Crippen LogP contribution in [0.1, 0.15) is 39.5 Å². The van der Waals surface area contributed by atoms with Crippen LogP contribution in [0.5, 0.6) is 0 Å². The molecule has 2 aliphatic carbocycles. The van der Waals surface area contributed by atoms with Gasteiger partial charge in [0.1, 0.15) is 0 Å². The van der Waals surface area contributed by atoms with Gasteiger partial charge in [-0.2, -0.15) is 0 Å². The number of carbonyl (C=O) groups is 2. The van der Waals surface area contributed by atoms with Crippen LogP contribution in [0.25, 0.3) is 0 Å². The number of carbonyl (C=O) groups excluding carboxylic acids is 1. The molecule has 0 aromatic rings. The molecule has 0 saturated heterocycles. The predicted molar refractivity (Wildman–Crippen MR) is 72.6 cm³/mol. The van der Waals surface area contributed by atoms with Crippen molar-refractivity contribution in [3.8, 4) is 0 Å². The SMILES string of the molecule is C/C(C(=O)O)=C(\C)C(=O)N(C)CC1CC2CCC1C2. The third-order valence-corrected chi connectivity index (χ3v) is 4.94. The number of aliphatic carboxylic acids is 1. The normalized spacial score (nSPS) is 30.2. The fraction of sp³-hybridized carbons (Fsp3) is 0.733. The first-order valence-electron chi connectivity index (χ1n) is 7.06. The number of hydrogen-bond acceptors (Lipinski definition) is 2. The van der Waals surface area contributed by atoms with Crippen LogP contribution in [-0.4, -0.2) is 35.5 Å². The van der Waals surface area contributed by atoms with E-state index in [-0.39, 0.29) is 11.5 Å². The maximum absolute atomic E-state index is 12.2. The lowest BCUT2D eigenvalue weighted by atomic mass is 9.88. The zero-order valence-corrected chi connectivity index (χ0v) is 12.0. The van der Waals surface area contributed by atoms with Crippen molar-refractivity contribution in [3.63, 3.8) is 0 Å². The van der Waals surface area contributed by atoms with Crippen LogP contribution in [0.2, 0.25) is 0 Å². The molecule has 19 heavy (non-hydrogen) atoms. The van der Waals surface area contributed by atoms with Gasteiger partial charge in [0, 0.05) is 24.7 Å². The first-order chi connectivity index (χ1) is 8.90. The van der Waals surface area contributed by atoms with E-state index in [2.05, 4.69) is 0 Å². The van der Waals surface area contributed by atoms with Crippen LogP contribution in [0.15, 0.2) is 11.1 Å². The van der Waals surface area contributed by atoms with E-state index < -0.39 is 5.97 Å². The summed E-state index contributed by atoms with van der Waals surface area (Å²) in [5, 5.41) is 8.92. The molecular formula is C15H23NO3. The van der Waals surface area contributed by atoms with Crippen LogP contribution in [0, 0.1) is 17.8 Å². The number of fused-ring (bicyclic) bond motifs is 2. The van der Waals surface area contributed by atoms with Crippen LogP contribution in [-0.2, 0) is 9.59 Å². The Morgan fingerprint density at radius 2 is 1.84 bits per heavy atom. The van der Waals surface area contributed by atoms with Gasteiger partial charge < -0.3 is 10.0 Å². The van der Waals surface area contributed by atoms with Crippen molar-refractivity contribution in [2.75, 3.05) is 13.6 Å². The summed E-state index contributed by atoms with van der Waals surface area (Å²) < 4.78 is 0. The highest BCUT2D eigenvalue weighted by molar-refractivity contribution is 6.01. The Hall–Kier alpha value is -1.32. The predicted octanol–water partition coefficient (Wildman–Crippen LogP) is 2.30. The average molecular weight is 265 g/mol. The van der Waals surface area contributed by atoms with E-state index in [0.717, 1.165) is 18.4 Å². The minimum atomic E-state index is -1.01. The number of likely N-dealkylation sites (N-methyl/N-ethyl adjacent to an activating group) is 1. The number of carboxylic acid groups (broad SMARTS) is 1. The molecule has 0 aromatic carbocycles. The molecule has 0 radical (unpaired) electrons. The Balaban J connectivity index is 1.96. The van der Waals surface area contributed by atoms with E-state index in [1.165, 1.54) is 32.6 Å². The summed E-state index contributed by atoms with van der Waals surface area (Å²) in [6.45, 7) is 3.86. The molecule has 2 rings (SSSR count). The van der Waals surface area contributed by atoms with Gasteiger partial charge in [0.25, 0.3) is 0 Å². The fourth-order valence-electron chi connectivity index (χ4n) is 3.64. The second-order valence-electron chi connectivity index (χ2n) is 6.18. The maximum Gasteiger partial charge on any atom is 0.331 e. The quantitative estimate of drug-likeness (QED) is 0.793. The topological polar surface area (TPSA) is 57.6 Å². The molecule has 0 heterocycles. The molecular weight excluding hydrogens is 242 g/mol. The zero-order chi connectivity index (χ0) is 14.2. The second-order valence-corrected chi connectivity index (χ2v) is 6.18. The van der Waals surface area contributed by atoms with Gasteiger partial charge in [0.2, 0.25) is 5.91 Å². The largest absolute Gasteiger partial charge is 0.478 e. The summed E-state index contributed by atoms with van der Waals surface area (Å²) in [5.41, 5.74) is 0.489. The maximum atomic E-state index is 12.2. The van der Waals surface area contributed by atoms with Gasteiger partial charge in [-0.3, -0.25) is 4.79 Å². The first kappa shape index (κ1) is 14.1. The second kappa shape index (κ2) is 5.35. The molecule has 0 spiro atoms. The molecule has 0 aromatic heterocycles. The number of nitrogens with zero attached hydrogens (tertiary/aromatic N) is 1. The van der Waals surface area contributed by atoms with Gasteiger partial charge in [-0.05, 0) is 50.9 Å². The van der Waals surface area contributed by atoms with Crippen LogP contribution in [0.4, 0.5) is 0 Å². The highest BCUT2D eigenvalue weighted by atomic mass is 16.4. The minimum Gasteiger partial charge on any atom is -0.478 e. The number of amides is 1. The molecule has 2 saturated carbocycles. The molecule has 2 aliphatic rings. The lowest BCUT2D eigenvalue weighted by molar-refractivity contribution is -0.133. The minimum absolute atomic E-state index is 0.143. The standard InChI is InChI=1S/C15H23NO3/c1-9(10(2)15(18)19)14(17)16(3)8-13-7-11-4-5-12(13)6-11/h11-13H,4-8H2,1-3H3,(H,18,19)/b10-9-. The molecule has 0 aliphatic heterocycles. The van der Waals surface area contributed by atoms with Gasteiger partial charge in [-0.1, -0.05) is 6.42 Å². The van der Waals surface area contributed by atoms with Gasteiger partial charge in [0.05, 0.1) is 0 Å². The van der Waals surface area contributed by atoms with Crippen LogP contribution in [0.3, 0.4) is 0 Å². The highest BCUT2D eigenvalue weighted by Gasteiger charge is 2.40. The fourth-order valence-corrected chi connectivity index (χ4v) is 3.64. The smallest absolute Gasteiger partial charge is 0.331 e. The van der Waals surface area contributed by atoms with E-state index in [1.807, 2.05) is 0 Å². The Kier molecular flexibility index (Phi) is 3.97. The Morgan fingerprint density at radius 3 is 2.32 bits per heavy atom. The zero-order valence-electron chi connectivity index (χ0n) is 12.0. The molecule has 3 atom stereocenters. The van der Waals surface area contributed by atoms with Crippen molar-refractivity contribution in [3.05, 3.63) is 11.1 Å². The van der Waals surface area contributed by atoms with E-state index in [1.54, 1.807) is 18.9 Å². The van der Waals surface area contributed by atoms with E-state index in [0.29, 0.717) is 11.5 Å². The number of rotatable bonds is 4. The molecule has 2 fully saturated rings. The molecule has 3 unspecified atom stereocenters. The van der Waals surface area contributed by atoms with E-state index in [4.69, 9.17) is 5.11 Å². The van der Waals surface area contributed by atoms with Crippen molar-refractivity contribution in [1.82, 2.24) is 4.90 Å². The van der Waals surface area contributed by atoms with Crippen molar-refractivity contribution in [1.29, 1.82) is 0 Å². The molecule has 1 N–H and O–H groups in total. The van der Waals surface area contributed by atoms with Crippen LogP contribution >= 0.6 is 0 Å². The Labute approximate surface area is 114 Å². The molecule has 2 bridgehead atoms. The van der Waals surface area contributed by atoms with Crippen molar-refractivity contribution < 1.29 is 14.7 Å². The van der Waals surface area contributed by atoms with Crippen molar-refractivity contribution in [2.45, 2.75) is 39.5 Å². The Morgan fingerprint density at radius 1 is 1.16 bits per heavy atom. The lowest BCUT2D eigenvalue weighted by Crippen LogP contribution is -2.34. The average Bonchev–Trinajstić information content (AvgIpc) is 2.97. The van der Waals surface area contributed by atoms with Crippen molar-refractivity contribution >= 4 is 11.9 Å². The van der Waals surface area contributed by atoms with Gasteiger partial charge in [0.15, 0.2) is 0 Å². The number of hydrogen-bond donors (Lipinski definition) is 1. The monoisotopic (exact) mass is 265 g/mol. The summed E-state index contributed by atoms with van der Waals surface area (Å²) in [4.78, 5) is 24.8. The number of carboxylic acids is 1. The summed E-state index contributed by atoms with van der Waals surface area (Å²) in [6, 6.07) is 0. The van der Waals surface area contributed by atoms with E-state index in [9.17, 15) is 9.59 Å². The summed E-state index contributed by atoms with van der Waals surface area (Å²) in [5.74, 6) is 1.11. The molecule has 4 nitrogen and oxygen atoms in total. The summed E-state index contributed by atoms with van der Waals surface area (Å²) in [6.07, 6.45) is 5.23. The van der Waals surface area contributed by atoms with Crippen LogP contribution < -0.4 is 0 Å². The Bertz CT molecular complexity index is 427. The van der Waals surface area contributed by atoms with Crippen molar-refractivity contribution in [2.24, 2.45) is 17.8 Å². The molecule has 4 heteroatoms. The van der Waals surface area contributed by atoms with Gasteiger partial charge in [-0.25, -0.2) is 4.79 Å². The lowest BCUT2D eigenvalue weighted by Gasteiger charge is -2.27. The third kappa shape index (κ3) is 2.82. The van der Waals surface area contributed by atoms with Gasteiger partial charge >= 0.3 is 5.97 Å². The van der Waals surface area contributed by atoms with E-state index >= 15 is 0 Å². The highest BCUT2D eigenvalue weighted by Crippen LogP contribution is 2.48. The third-order valence-electron chi connectivity index (χ3n) is 4.94.